The number of carbonyl (C=O) groups excluding carboxylic acids is 1. The Labute approximate surface area is 107 Å². The van der Waals surface area contributed by atoms with Crippen LogP contribution in [0.3, 0.4) is 0 Å². The standard InChI is InChI=1S/C13H19N3O2/c1-9-2-3-11(12(8-9)15-14)13(18)16-6-4-10(17)5-7-16/h2-3,8,10,15,17H,4-7,14H2,1H3. The highest BCUT2D eigenvalue weighted by Crippen LogP contribution is 2.20. The van der Waals surface area contributed by atoms with E-state index in [1.54, 1.807) is 11.0 Å². The first-order chi connectivity index (χ1) is 8.61. The van der Waals surface area contributed by atoms with Gasteiger partial charge in [-0.1, -0.05) is 6.07 Å². The monoisotopic (exact) mass is 249 g/mol. The molecule has 1 saturated heterocycles. The van der Waals surface area contributed by atoms with Crippen molar-refractivity contribution in [3.8, 4) is 0 Å². The molecule has 1 heterocycles. The molecule has 2 rings (SSSR count). The minimum atomic E-state index is -0.279. The number of rotatable bonds is 2. The summed E-state index contributed by atoms with van der Waals surface area (Å²) in [4.78, 5) is 14.1. The number of amides is 1. The van der Waals surface area contributed by atoms with Crippen LogP contribution in [0.5, 0.6) is 0 Å². The van der Waals surface area contributed by atoms with Crippen molar-refractivity contribution >= 4 is 11.6 Å². The van der Waals surface area contributed by atoms with Crippen LogP contribution in [0, 0.1) is 6.92 Å². The molecule has 0 saturated carbocycles. The van der Waals surface area contributed by atoms with Crippen LogP contribution >= 0.6 is 0 Å². The second-order valence-electron chi connectivity index (χ2n) is 4.72. The maximum atomic E-state index is 12.3. The van der Waals surface area contributed by atoms with E-state index in [0.717, 1.165) is 5.56 Å². The molecule has 0 atom stereocenters. The van der Waals surface area contributed by atoms with E-state index in [1.165, 1.54) is 0 Å². The van der Waals surface area contributed by atoms with Crippen LogP contribution in [-0.4, -0.2) is 35.1 Å². The first kappa shape index (κ1) is 12.9. The van der Waals surface area contributed by atoms with E-state index in [2.05, 4.69) is 5.43 Å². The summed E-state index contributed by atoms with van der Waals surface area (Å²) in [6, 6.07) is 5.54. The molecule has 1 aliphatic heterocycles. The van der Waals surface area contributed by atoms with Crippen molar-refractivity contribution in [2.45, 2.75) is 25.9 Å². The van der Waals surface area contributed by atoms with Gasteiger partial charge < -0.3 is 15.4 Å². The third kappa shape index (κ3) is 2.63. The number of nitrogens with zero attached hydrogens (tertiary/aromatic N) is 1. The SMILES string of the molecule is Cc1ccc(C(=O)N2CCC(O)CC2)c(NN)c1. The van der Waals surface area contributed by atoms with Gasteiger partial charge >= 0.3 is 0 Å². The first-order valence-electron chi connectivity index (χ1n) is 6.16. The summed E-state index contributed by atoms with van der Waals surface area (Å²) in [5.74, 6) is 5.42. The van der Waals surface area contributed by atoms with Gasteiger partial charge in [-0.3, -0.25) is 10.6 Å². The number of aliphatic hydroxyl groups excluding tert-OH is 1. The number of likely N-dealkylation sites (tertiary alicyclic amines) is 1. The van der Waals surface area contributed by atoms with Crippen molar-refractivity contribution in [3.05, 3.63) is 29.3 Å². The molecule has 5 nitrogen and oxygen atoms in total. The number of aliphatic hydroxyl groups is 1. The first-order valence-corrected chi connectivity index (χ1v) is 6.16. The Morgan fingerprint density at radius 2 is 2.11 bits per heavy atom. The van der Waals surface area contributed by atoms with E-state index in [4.69, 9.17) is 5.84 Å². The average Bonchev–Trinajstić information content (AvgIpc) is 2.38. The number of aryl methyl sites for hydroxylation is 1. The lowest BCUT2D eigenvalue weighted by atomic mass is 10.0. The van der Waals surface area contributed by atoms with Crippen LogP contribution in [-0.2, 0) is 0 Å². The van der Waals surface area contributed by atoms with Crippen molar-refractivity contribution in [1.82, 2.24) is 4.90 Å². The molecule has 5 heteroatoms. The molecular weight excluding hydrogens is 230 g/mol. The quantitative estimate of drug-likeness (QED) is 0.537. The van der Waals surface area contributed by atoms with Crippen LogP contribution in [0.1, 0.15) is 28.8 Å². The number of nitrogens with two attached hydrogens (primary N) is 1. The van der Waals surface area contributed by atoms with E-state index < -0.39 is 0 Å². The second-order valence-corrected chi connectivity index (χ2v) is 4.72. The third-order valence-corrected chi connectivity index (χ3v) is 3.31. The number of hydrazine groups is 1. The number of anilines is 1. The van der Waals surface area contributed by atoms with Gasteiger partial charge in [-0.25, -0.2) is 0 Å². The Morgan fingerprint density at radius 1 is 1.44 bits per heavy atom. The molecule has 1 fully saturated rings. The molecule has 0 radical (unpaired) electrons. The fourth-order valence-corrected chi connectivity index (χ4v) is 2.20. The van der Waals surface area contributed by atoms with E-state index in [0.29, 0.717) is 37.2 Å². The molecule has 0 aromatic heterocycles. The van der Waals surface area contributed by atoms with Crippen LogP contribution < -0.4 is 11.3 Å². The van der Waals surface area contributed by atoms with Gasteiger partial charge in [0.25, 0.3) is 5.91 Å². The summed E-state index contributed by atoms with van der Waals surface area (Å²) in [5.41, 5.74) is 4.85. The Hall–Kier alpha value is -1.59. The predicted octanol–water partition coefficient (Wildman–Crippen LogP) is 0.878. The number of carbonyl (C=O) groups is 1. The zero-order valence-electron chi connectivity index (χ0n) is 10.5. The van der Waals surface area contributed by atoms with Crippen molar-refractivity contribution in [3.63, 3.8) is 0 Å². The van der Waals surface area contributed by atoms with E-state index in [1.807, 2.05) is 19.1 Å². The van der Waals surface area contributed by atoms with Crippen molar-refractivity contribution in [2.24, 2.45) is 5.84 Å². The topological polar surface area (TPSA) is 78.6 Å². The van der Waals surface area contributed by atoms with E-state index in [-0.39, 0.29) is 12.0 Å². The number of nitrogens with one attached hydrogen (secondary N) is 1. The molecule has 4 N–H and O–H groups in total. The lowest BCUT2D eigenvalue weighted by molar-refractivity contribution is 0.0547. The maximum Gasteiger partial charge on any atom is 0.256 e. The van der Waals surface area contributed by atoms with Gasteiger partial charge in [-0.2, -0.15) is 0 Å². The van der Waals surface area contributed by atoms with Crippen molar-refractivity contribution < 1.29 is 9.90 Å². The molecule has 0 spiro atoms. The fraction of sp³-hybridized carbons (Fsp3) is 0.462. The summed E-state index contributed by atoms with van der Waals surface area (Å²) >= 11 is 0. The molecule has 1 aliphatic rings. The van der Waals surface area contributed by atoms with Crippen LogP contribution in [0.4, 0.5) is 5.69 Å². The fourth-order valence-electron chi connectivity index (χ4n) is 2.20. The molecule has 98 valence electrons. The van der Waals surface area contributed by atoms with Crippen LogP contribution in [0.15, 0.2) is 18.2 Å². The zero-order chi connectivity index (χ0) is 13.1. The Balaban J connectivity index is 2.18. The number of nitrogen functional groups attached to an aromatic ring is 1. The zero-order valence-corrected chi connectivity index (χ0v) is 10.5. The van der Waals surface area contributed by atoms with Gasteiger partial charge in [0.1, 0.15) is 0 Å². The molecular formula is C13H19N3O2. The van der Waals surface area contributed by atoms with Gasteiger partial charge in [-0.15, -0.1) is 0 Å². The summed E-state index contributed by atoms with van der Waals surface area (Å²) in [6.45, 7) is 3.14. The normalized spacial score (nSPS) is 16.7. The van der Waals surface area contributed by atoms with Gasteiger partial charge in [0.15, 0.2) is 0 Å². The van der Waals surface area contributed by atoms with Gasteiger partial charge in [0, 0.05) is 13.1 Å². The van der Waals surface area contributed by atoms with Crippen LogP contribution in [0.2, 0.25) is 0 Å². The molecule has 18 heavy (non-hydrogen) atoms. The minimum absolute atomic E-state index is 0.0325. The third-order valence-electron chi connectivity index (χ3n) is 3.31. The summed E-state index contributed by atoms with van der Waals surface area (Å²) in [7, 11) is 0. The average molecular weight is 249 g/mol. The number of hydrogen-bond acceptors (Lipinski definition) is 4. The van der Waals surface area contributed by atoms with Gasteiger partial charge in [0.05, 0.1) is 17.4 Å². The smallest absolute Gasteiger partial charge is 0.256 e. The van der Waals surface area contributed by atoms with Gasteiger partial charge in [0.2, 0.25) is 0 Å². The molecule has 1 amide bonds. The lowest BCUT2D eigenvalue weighted by Gasteiger charge is -2.30. The minimum Gasteiger partial charge on any atom is -0.393 e. The van der Waals surface area contributed by atoms with Crippen molar-refractivity contribution in [1.29, 1.82) is 0 Å². The van der Waals surface area contributed by atoms with Crippen LogP contribution in [0.25, 0.3) is 0 Å². The van der Waals surface area contributed by atoms with E-state index in [9.17, 15) is 9.90 Å². The highest BCUT2D eigenvalue weighted by atomic mass is 16.3. The summed E-state index contributed by atoms with van der Waals surface area (Å²) in [5, 5.41) is 9.45. The molecule has 0 aliphatic carbocycles. The highest BCUT2D eigenvalue weighted by molar-refractivity contribution is 5.99. The largest absolute Gasteiger partial charge is 0.393 e. The van der Waals surface area contributed by atoms with Gasteiger partial charge in [-0.05, 0) is 37.5 Å². The summed E-state index contributed by atoms with van der Waals surface area (Å²) in [6.07, 6.45) is 1.01. The van der Waals surface area contributed by atoms with E-state index >= 15 is 0 Å². The highest BCUT2D eigenvalue weighted by Gasteiger charge is 2.23. The Kier molecular flexibility index (Phi) is 3.84. The number of benzene rings is 1. The van der Waals surface area contributed by atoms with Crippen molar-refractivity contribution in [2.75, 3.05) is 18.5 Å². The maximum absolute atomic E-state index is 12.3. The number of hydrogen-bond donors (Lipinski definition) is 3. The second kappa shape index (κ2) is 5.37. The molecule has 1 aromatic carbocycles. The lowest BCUT2D eigenvalue weighted by Crippen LogP contribution is -2.40. The molecule has 0 unspecified atom stereocenters. The predicted molar refractivity (Wildman–Crippen MR) is 70.1 cm³/mol. The number of piperidine rings is 1. The summed E-state index contributed by atoms with van der Waals surface area (Å²) < 4.78 is 0. The molecule has 1 aromatic rings. The Morgan fingerprint density at radius 3 is 2.72 bits per heavy atom. The molecule has 0 bridgehead atoms. The Bertz CT molecular complexity index is 440.